The van der Waals surface area contributed by atoms with E-state index in [1.807, 2.05) is 36.4 Å². The van der Waals surface area contributed by atoms with Crippen molar-refractivity contribution in [2.24, 2.45) is 28.6 Å². The minimum absolute atomic E-state index is 0.0231. The monoisotopic (exact) mass is 544 g/mol. The van der Waals surface area contributed by atoms with Crippen molar-refractivity contribution in [1.82, 2.24) is 0 Å². The lowest BCUT2D eigenvalue weighted by Gasteiger charge is -2.62. The quantitative estimate of drug-likeness (QED) is 0.331. The van der Waals surface area contributed by atoms with Crippen molar-refractivity contribution >= 4 is 40.1 Å². The van der Waals surface area contributed by atoms with Crippen LogP contribution in [0.4, 0.5) is 4.39 Å². The van der Waals surface area contributed by atoms with Crippen LogP contribution in [0.1, 0.15) is 53.4 Å². The fourth-order valence-corrected chi connectivity index (χ4v) is 8.29. The number of aliphatic hydroxyl groups excluding tert-OH is 1. The van der Waals surface area contributed by atoms with Crippen molar-refractivity contribution in [2.75, 3.05) is 4.43 Å². The van der Waals surface area contributed by atoms with E-state index in [-0.39, 0.29) is 34.3 Å². The van der Waals surface area contributed by atoms with E-state index < -0.39 is 40.1 Å². The summed E-state index contributed by atoms with van der Waals surface area (Å²) in [5, 5.41) is 11.4. The van der Waals surface area contributed by atoms with Gasteiger partial charge in [-0.1, -0.05) is 48.1 Å². The molecule has 0 bridgehead atoms. The van der Waals surface area contributed by atoms with Crippen molar-refractivity contribution < 1.29 is 28.6 Å². The molecule has 3 fully saturated rings. The molecule has 4 aliphatic carbocycles. The Labute approximate surface area is 196 Å². The summed E-state index contributed by atoms with van der Waals surface area (Å²) in [6.07, 6.45) is 4.80. The molecule has 0 saturated heterocycles. The summed E-state index contributed by atoms with van der Waals surface area (Å²) in [5.41, 5.74) is -4.55. The summed E-state index contributed by atoms with van der Waals surface area (Å²) in [4.78, 5) is 37.4. The minimum atomic E-state index is -1.96. The zero-order valence-corrected chi connectivity index (χ0v) is 20.6. The molecule has 1 N–H and O–H groups in total. The number of fused-ring (bicyclic) bond motifs is 5. The number of carbonyl (C=O) groups excluding carboxylic acids is 3. The molecule has 0 heterocycles. The maximum absolute atomic E-state index is 17.1. The number of alkyl halides is 2. The number of esters is 1. The maximum Gasteiger partial charge on any atom is 0.303 e. The highest BCUT2D eigenvalue weighted by molar-refractivity contribution is 14.1. The molecule has 0 amide bonds. The lowest BCUT2D eigenvalue weighted by atomic mass is 9.44. The summed E-state index contributed by atoms with van der Waals surface area (Å²) >= 11 is 1.99. The summed E-state index contributed by atoms with van der Waals surface area (Å²) in [5.74, 6) is -1.88. The smallest absolute Gasteiger partial charge is 0.303 e. The van der Waals surface area contributed by atoms with Crippen molar-refractivity contribution in [3.8, 4) is 0 Å². The number of Topliss-reactive ketones (excluding diaryl/α,β-unsaturated/α-hetero) is 1. The number of allylic oxidation sites excluding steroid dienone is 4. The van der Waals surface area contributed by atoms with Gasteiger partial charge >= 0.3 is 5.97 Å². The van der Waals surface area contributed by atoms with Gasteiger partial charge in [0.25, 0.3) is 0 Å². The molecule has 0 aromatic carbocycles. The molecule has 4 aliphatic rings. The second-order valence-electron chi connectivity index (χ2n) is 10.3. The minimum Gasteiger partial charge on any atom is -0.450 e. The van der Waals surface area contributed by atoms with Gasteiger partial charge in [-0.2, -0.15) is 0 Å². The van der Waals surface area contributed by atoms with Crippen LogP contribution >= 0.6 is 22.6 Å². The Morgan fingerprint density at radius 3 is 2.61 bits per heavy atom. The van der Waals surface area contributed by atoms with Crippen LogP contribution in [0, 0.1) is 28.6 Å². The van der Waals surface area contributed by atoms with Gasteiger partial charge in [-0.25, -0.2) is 4.39 Å². The van der Waals surface area contributed by atoms with E-state index in [0.717, 1.165) is 5.57 Å². The van der Waals surface area contributed by atoms with Crippen LogP contribution in [-0.4, -0.2) is 44.4 Å². The highest BCUT2D eigenvalue weighted by Crippen LogP contribution is 2.71. The van der Waals surface area contributed by atoms with Crippen LogP contribution in [0.5, 0.6) is 0 Å². The van der Waals surface area contributed by atoms with E-state index in [2.05, 4.69) is 0 Å². The number of hydrogen-bond donors (Lipinski definition) is 1. The first kappa shape index (κ1) is 23.1. The summed E-state index contributed by atoms with van der Waals surface area (Å²) in [6, 6.07) is 0. The number of ketones is 2. The van der Waals surface area contributed by atoms with Gasteiger partial charge in [0, 0.05) is 29.6 Å². The fraction of sp³-hybridized carbons (Fsp3) is 0.708. The Bertz CT molecular complexity index is 914. The Morgan fingerprint density at radius 2 is 2.00 bits per heavy atom. The molecule has 0 aliphatic heterocycles. The van der Waals surface area contributed by atoms with Crippen LogP contribution in [0.2, 0.25) is 0 Å². The van der Waals surface area contributed by atoms with Gasteiger partial charge in [-0.3, -0.25) is 14.4 Å². The van der Waals surface area contributed by atoms with Crippen LogP contribution in [0.25, 0.3) is 0 Å². The van der Waals surface area contributed by atoms with Gasteiger partial charge in [0.2, 0.25) is 0 Å². The molecule has 5 nitrogen and oxygen atoms in total. The van der Waals surface area contributed by atoms with Gasteiger partial charge < -0.3 is 9.84 Å². The normalized spacial score (nSPS) is 48.4. The van der Waals surface area contributed by atoms with Crippen LogP contribution < -0.4 is 0 Å². The Hall–Kier alpha value is -1.09. The number of rotatable bonds is 3. The Kier molecular flexibility index (Phi) is 5.36. The van der Waals surface area contributed by atoms with E-state index in [1.54, 1.807) is 13.0 Å². The first-order valence-electron chi connectivity index (χ1n) is 11.0. The third-order valence-corrected chi connectivity index (χ3v) is 9.71. The molecule has 2 unspecified atom stereocenters. The van der Waals surface area contributed by atoms with Crippen molar-refractivity contribution in [2.45, 2.75) is 70.8 Å². The molecule has 170 valence electrons. The number of halogens is 2. The zero-order valence-electron chi connectivity index (χ0n) is 18.4. The number of hydrogen-bond acceptors (Lipinski definition) is 5. The number of carbonyl (C=O) groups is 3. The van der Waals surface area contributed by atoms with Gasteiger partial charge in [0.15, 0.2) is 22.8 Å². The van der Waals surface area contributed by atoms with Gasteiger partial charge in [-0.15, -0.1) is 0 Å². The molecule has 3 saturated carbocycles. The molecule has 31 heavy (non-hydrogen) atoms. The summed E-state index contributed by atoms with van der Waals surface area (Å²) in [7, 11) is 0. The standard InChI is InChI=1S/C24H30FIO5/c1-13-9-18-17-6-5-15-10-16(28)7-8-21(15,3)23(17,25)19(29)11-22(18,4)24(13,20(30)12-26)31-14(2)27/h7-8,10,13,17-19,29H,5-6,9,11-12H2,1-4H3/t13?,17-,18-,19?,21-,22-,23-,24-/m0/s1. The summed E-state index contributed by atoms with van der Waals surface area (Å²) in [6.45, 7) is 6.86. The molecule has 0 radical (unpaired) electrons. The van der Waals surface area contributed by atoms with E-state index in [1.165, 1.54) is 19.1 Å². The maximum atomic E-state index is 17.1. The third-order valence-electron chi connectivity index (χ3n) is 9.02. The highest BCUT2D eigenvalue weighted by Gasteiger charge is 2.76. The largest absolute Gasteiger partial charge is 0.450 e. The fourth-order valence-electron chi connectivity index (χ4n) is 7.72. The molecule has 7 heteroatoms. The average Bonchev–Trinajstić information content (AvgIpc) is 2.90. The number of ether oxygens (including phenoxy) is 1. The SMILES string of the molecule is CC(=O)O[C@]1(C(=O)CI)C(C)C[C@H]2[C@@H]3CCC4=CC(=O)C=C[C@]4(C)[C@@]3(F)C(O)C[C@@]21C. The summed E-state index contributed by atoms with van der Waals surface area (Å²) < 4.78 is 23.2. The van der Waals surface area contributed by atoms with Gasteiger partial charge in [0.05, 0.1) is 10.5 Å². The van der Waals surface area contributed by atoms with E-state index in [4.69, 9.17) is 4.74 Å². The molecular formula is C24H30FIO5. The lowest BCUT2D eigenvalue weighted by Crippen LogP contribution is -2.70. The van der Waals surface area contributed by atoms with E-state index in [0.29, 0.717) is 19.3 Å². The Morgan fingerprint density at radius 1 is 1.32 bits per heavy atom. The van der Waals surface area contributed by atoms with Crippen LogP contribution in [0.3, 0.4) is 0 Å². The second kappa shape index (κ2) is 7.20. The highest BCUT2D eigenvalue weighted by atomic mass is 127. The van der Waals surface area contributed by atoms with Gasteiger partial charge in [-0.05, 0) is 50.7 Å². The first-order valence-corrected chi connectivity index (χ1v) is 12.5. The van der Waals surface area contributed by atoms with Crippen LogP contribution in [-0.2, 0) is 19.1 Å². The lowest BCUT2D eigenvalue weighted by molar-refractivity contribution is -0.226. The van der Waals surface area contributed by atoms with Crippen molar-refractivity contribution in [3.05, 3.63) is 23.8 Å². The predicted octanol–water partition coefficient (Wildman–Crippen LogP) is 3.91. The van der Waals surface area contributed by atoms with Crippen molar-refractivity contribution in [1.29, 1.82) is 0 Å². The second-order valence-corrected chi connectivity index (χ2v) is 11.1. The molecule has 0 aromatic heterocycles. The van der Waals surface area contributed by atoms with Crippen LogP contribution in [0.15, 0.2) is 23.8 Å². The third kappa shape index (κ3) is 2.71. The van der Waals surface area contributed by atoms with Gasteiger partial charge in [0.1, 0.15) is 0 Å². The molecule has 8 atom stereocenters. The predicted molar refractivity (Wildman–Crippen MR) is 121 cm³/mol. The topological polar surface area (TPSA) is 80.7 Å². The molecule has 0 aromatic rings. The average molecular weight is 544 g/mol. The molecule has 4 rings (SSSR count). The number of aliphatic hydroxyl groups is 1. The molecular weight excluding hydrogens is 514 g/mol. The van der Waals surface area contributed by atoms with Crippen molar-refractivity contribution in [3.63, 3.8) is 0 Å². The molecule has 0 spiro atoms. The first-order chi connectivity index (χ1) is 14.4. The van der Waals surface area contributed by atoms with E-state index >= 15 is 4.39 Å². The van der Waals surface area contributed by atoms with E-state index in [9.17, 15) is 19.5 Å². The Balaban J connectivity index is 1.86. The zero-order chi connectivity index (χ0) is 23.0.